The highest BCUT2D eigenvalue weighted by atomic mass is 35.5. The van der Waals surface area contributed by atoms with E-state index < -0.39 is 28.5 Å². The summed E-state index contributed by atoms with van der Waals surface area (Å²) in [5.41, 5.74) is 3.00. The van der Waals surface area contributed by atoms with E-state index in [-0.39, 0.29) is 35.5 Å². The van der Waals surface area contributed by atoms with Crippen molar-refractivity contribution in [2.24, 2.45) is 0 Å². The smallest absolute Gasteiger partial charge is 0.264 e. The van der Waals surface area contributed by atoms with Gasteiger partial charge in [0.1, 0.15) is 18.3 Å². The lowest BCUT2D eigenvalue weighted by Crippen LogP contribution is -2.54. The van der Waals surface area contributed by atoms with Gasteiger partial charge in [0.05, 0.1) is 17.7 Å². The zero-order valence-corrected chi connectivity index (χ0v) is 28.2. The van der Waals surface area contributed by atoms with Crippen LogP contribution in [0.25, 0.3) is 0 Å². The number of carbonyl (C=O) groups excluding carboxylic acids is 2. The first kappa shape index (κ1) is 34.0. The van der Waals surface area contributed by atoms with Gasteiger partial charge in [-0.3, -0.25) is 13.9 Å². The van der Waals surface area contributed by atoms with Gasteiger partial charge in [-0.05, 0) is 79.4 Å². The molecule has 1 fully saturated rings. The highest BCUT2D eigenvalue weighted by Crippen LogP contribution is 2.28. The fourth-order valence-corrected chi connectivity index (χ4v) is 7.48. The van der Waals surface area contributed by atoms with Crippen LogP contribution in [-0.4, -0.2) is 50.9 Å². The summed E-state index contributed by atoms with van der Waals surface area (Å²) in [6.45, 7) is 1.55. The normalized spacial score (nSPS) is 13.9. The Hall–Kier alpha value is -4.34. The van der Waals surface area contributed by atoms with E-state index >= 15 is 0 Å². The topological polar surface area (TPSA) is 96.0 Å². The van der Waals surface area contributed by atoms with Gasteiger partial charge in [-0.15, -0.1) is 0 Å². The Bertz CT molecular complexity index is 1760. The summed E-state index contributed by atoms with van der Waals surface area (Å²) in [7, 11) is -2.74. The average Bonchev–Trinajstić information content (AvgIpc) is 3.59. The van der Waals surface area contributed by atoms with E-state index in [0.29, 0.717) is 10.8 Å². The van der Waals surface area contributed by atoms with Gasteiger partial charge in [-0.2, -0.15) is 0 Å². The maximum atomic E-state index is 14.6. The molecule has 0 radical (unpaired) electrons. The number of hydrogen-bond donors (Lipinski definition) is 1. The number of sulfonamides is 1. The Morgan fingerprint density at radius 2 is 1.55 bits per heavy atom. The monoisotopic (exact) mass is 673 g/mol. The lowest BCUT2D eigenvalue weighted by atomic mass is 10.0. The Labute approximate surface area is 282 Å². The van der Waals surface area contributed by atoms with Crippen LogP contribution in [0.5, 0.6) is 5.75 Å². The third-order valence-corrected chi connectivity index (χ3v) is 10.5. The average molecular weight is 674 g/mol. The van der Waals surface area contributed by atoms with Gasteiger partial charge in [0.2, 0.25) is 11.8 Å². The Morgan fingerprint density at radius 1 is 0.894 bits per heavy atom. The van der Waals surface area contributed by atoms with Crippen LogP contribution in [0.4, 0.5) is 5.69 Å². The molecule has 0 heterocycles. The molecule has 0 bridgehead atoms. The zero-order chi connectivity index (χ0) is 33.4. The third kappa shape index (κ3) is 8.73. The molecule has 0 spiro atoms. The summed E-state index contributed by atoms with van der Waals surface area (Å²) < 4.78 is 34.7. The molecule has 0 aliphatic heterocycles. The Morgan fingerprint density at radius 3 is 2.19 bits per heavy atom. The van der Waals surface area contributed by atoms with Crippen molar-refractivity contribution in [3.05, 3.63) is 125 Å². The Kier molecular flexibility index (Phi) is 11.2. The molecule has 4 aromatic carbocycles. The molecule has 1 atom stereocenters. The van der Waals surface area contributed by atoms with Gasteiger partial charge in [0.25, 0.3) is 10.0 Å². The van der Waals surface area contributed by atoms with Crippen molar-refractivity contribution in [1.82, 2.24) is 10.2 Å². The highest BCUT2D eigenvalue weighted by Gasteiger charge is 2.35. The van der Waals surface area contributed by atoms with Gasteiger partial charge in [0.15, 0.2) is 0 Å². The first-order chi connectivity index (χ1) is 22.6. The van der Waals surface area contributed by atoms with E-state index in [4.69, 9.17) is 16.3 Å². The van der Waals surface area contributed by atoms with Crippen LogP contribution in [-0.2, 0) is 32.6 Å². The number of amides is 2. The minimum Gasteiger partial charge on any atom is -0.497 e. The molecule has 1 aliphatic rings. The molecular weight excluding hydrogens is 634 g/mol. The fraction of sp³-hybridized carbons (Fsp3) is 0.297. The van der Waals surface area contributed by atoms with E-state index in [2.05, 4.69) is 5.32 Å². The summed E-state index contributed by atoms with van der Waals surface area (Å²) in [5, 5.41) is 3.62. The van der Waals surface area contributed by atoms with Crippen molar-refractivity contribution >= 4 is 39.1 Å². The molecule has 47 heavy (non-hydrogen) atoms. The molecule has 10 heteroatoms. The number of hydrogen-bond acceptors (Lipinski definition) is 5. The maximum absolute atomic E-state index is 14.6. The second-order valence-electron chi connectivity index (χ2n) is 11.9. The highest BCUT2D eigenvalue weighted by molar-refractivity contribution is 7.92. The summed E-state index contributed by atoms with van der Waals surface area (Å²) in [6.07, 6.45) is 4.13. The van der Waals surface area contributed by atoms with Crippen LogP contribution in [0.3, 0.4) is 0 Å². The number of ether oxygens (including phenoxy) is 1. The predicted molar refractivity (Wildman–Crippen MR) is 185 cm³/mol. The van der Waals surface area contributed by atoms with E-state index in [1.165, 1.54) is 24.1 Å². The molecule has 246 valence electrons. The van der Waals surface area contributed by atoms with Crippen LogP contribution < -0.4 is 14.4 Å². The number of nitrogens with zero attached hydrogens (tertiary/aromatic N) is 2. The van der Waals surface area contributed by atoms with Gasteiger partial charge in [-0.25, -0.2) is 8.42 Å². The minimum atomic E-state index is -4.24. The molecule has 1 aliphatic carbocycles. The predicted octanol–water partition coefficient (Wildman–Crippen LogP) is 6.55. The molecule has 4 aromatic rings. The van der Waals surface area contributed by atoms with Gasteiger partial charge >= 0.3 is 0 Å². The summed E-state index contributed by atoms with van der Waals surface area (Å²) >= 11 is 6.16. The maximum Gasteiger partial charge on any atom is 0.264 e. The van der Waals surface area contributed by atoms with Crippen LogP contribution >= 0.6 is 11.6 Å². The van der Waals surface area contributed by atoms with Crippen molar-refractivity contribution in [3.63, 3.8) is 0 Å². The number of carbonyl (C=O) groups is 2. The second kappa shape index (κ2) is 15.5. The SMILES string of the molecule is COc1ccc(S(=O)(=O)N(CC(=O)N(Cc2cccc(C)c2)[C@@H](Cc2ccccc2)C(=O)NC2CCCC2)c2ccc(Cl)cc2)cc1. The molecule has 2 amide bonds. The van der Waals surface area contributed by atoms with Gasteiger partial charge < -0.3 is 15.0 Å². The van der Waals surface area contributed by atoms with E-state index in [1.54, 1.807) is 36.4 Å². The molecule has 5 rings (SSSR count). The van der Waals surface area contributed by atoms with Crippen LogP contribution in [0.15, 0.2) is 108 Å². The lowest BCUT2D eigenvalue weighted by Gasteiger charge is -2.34. The number of nitrogens with one attached hydrogen (secondary N) is 1. The quantitative estimate of drug-likeness (QED) is 0.174. The number of aryl methyl sites for hydroxylation is 1. The molecule has 0 aromatic heterocycles. The first-order valence-corrected chi connectivity index (χ1v) is 17.6. The minimum absolute atomic E-state index is 0.00824. The summed E-state index contributed by atoms with van der Waals surface area (Å²) in [6, 6.07) is 28.8. The Balaban J connectivity index is 1.56. The molecule has 0 saturated heterocycles. The van der Waals surface area contributed by atoms with Gasteiger partial charge in [-0.1, -0.05) is 84.6 Å². The number of halogens is 1. The molecule has 1 N–H and O–H groups in total. The first-order valence-electron chi connectivity index (χ1n) is 15.8. The standard InChI is InChI=1S/C37H40ClN3O5S/c1-27-9-8-12-29(23-27)25-40(35(24-28-10-4-3-5-11-28)37(43)39-31-13-6-7-14-31)36(42)26-41(32-17-15-30(38)16-18-32)47(44,45)34-21-19-33(46-2)20-22-34/h3-5,8-12,15-23,31,35H,6-7,13-14,24-26H2,1-2H3,(H,39,43)/t35-/m0/s1. The van der Waals surface area contributed by atoms with Crippen LogP contribution in [0.1, 0.15) is 42.4 Å². The fourth-order valence-electron chi connectivity index (χ4n) is 5.94. The number of rotatable bonds is 13. The molecule has 8 nitrogen and oxygen atoms in total. The third-order valence-electron chi connectivity index (χ3n) is 8.45. The largest absolute Gasteiger partial charge is 0.497 e. The second-order valence-corrected chi connectivity index (χ2v) is 14.2. The van der Waals surface area contributed by atoms with Crippen molar-refractivity contribution < 1.29 is 22.7 Å². The van der Waals surface area contributed by atoms with Crippen molar-refractivity contribution in [2.75, 3.05) is 18.0 Å². The summed E-state index contributed by atoms with van der Waals surface area (Å²) in [4.78, 5) is 30.3. The zero-order valence-electron chi connectivity index (χ0n) is 26.6. The number of benzene rings is 4. The van der Waals surface area contributed by atoms with E-state index in [9.17, 15) is 18.0 Å². The van der Waals surface area contributed by atoms with Gasteiger partial charge in [0, 0.05) is 24.0 Å². The molecule has 1 saturated carbocycles. The number of methoxy groups -OCH3 is 1. The molecule has 0 unspecified atom stereocenters. The van der Waals surface area contributed by atoms with Crippen LogP contribution in [0, 0.1) is 6.92 Å². The van der Waals surface area contributed by atoms with E-state index in [0.717, 1.165) is 46.7 Å². The number of anilines is 1. The molecular formula is C37H40ClN3O5S. The van der Waals surface area contributed by atoms with Crippen molar-refractivity contribution in [1.29, 1.82) is 0 Å². The lowest BCUT2D eigenvalue weighted by molar-refractivity contribution is -0.140. The van der Waals surface area contributed by atoms with Crippen molar-refractivity contribution in [3.8, 4) is 5.75 Å². The van der Waals surface area contributed by atoms with Crippen LogP contribution in [0.2, 0.25) is 5.02 Å². The summed E-state index contributed by atoms with van der Waals surface area (Å²) in [5.74, 6) is -0.265. The van der Waals surface area contributed by atoms with E-state index in [1.807, 2.05) is 61.5 Å². The van der Waals surface area contributed by atoms with Crippen molar-refractivity contribution in [2.45, 2.75) is 62.6 Å².